The Balaban J connectivity index is 2.21. The fourth-order valence-electron chi connectivity index (χ4n) is 1.79. The van der Waals surface area contributed by atoms with E-state index in [2.05, 4.69) is 28.9 Å². The molecular weight excluding hydrogens is 240 g/mol. The van der Waals surface area contributed by atoms with E-state index < -0.39 is 0 Å². The van der Waals surface area contributed by atoms with Crippen molar-refractivity contribution in [3.63, 3.8) is 0 Å². The molecule has 0 bridgehead atoms. The van der Waals surface area contributed by atoms with Crippen molar-refractivity contribution < 1.29 is 9.53 Å². The lowest BCUT2D eigenvalue weighted by Gasteiger charge is -2.06. The second-order valence-corrected chi connectivity index (χ2v) is 5.10. The molecule has 0 saturated heterocycles. The van der Waals surface area contributed by atoms with E-state index in [-0.39, 0.29) is 5.97 Å². The van der Waals surface area contributed by atoms with Gasteiger partial charge in [0, 0.05) is 12.7 Å². The van der Waals surface area contributed by atoms with Gasteiger partial charge < -0.3 is 10.1 Å². The van der Waals surface area contributed by atoms with E-state index >= 15 is 0 Å². The van der Waals surface area contributed by atoms with Crippen LogP contribution < -0.4 is 5.32 Å². The van der Waals surface area contributed by atoms with Gasteiger partial charge in [-0.15, -0.1) is 0 Å². The van der Waals surface area contributed by atoms with Gasteiger partial charge in [0.25, 0.3) is 0 Å². The summed E-state index contributed by atoms with van der Waals surface area (Å²) >= 11 is 0. The molecular formula is C15H24N2O2. The maximum atomic E-state index is 11.2. The first-order valence-electron chi connectivity index (χ1n) is 6.87. The van der Waals surface area contributed by atoms with Gasteiger partial charge in [-0.05, 0) is 31.0 Å². The number of carbonyl (C=O) groups excluding carboxylic acids is 1. The largest absolute Gasteiger partial charge is 0.465 e. The number of rotatable bonds is 8. The Hall–Kier alpha value is -1.42. The quantitative estimate of drug-likeness (QED) is 0.579. The molecule has 0 unspecified atom stereocenters. The van der Waals surface area contributed by atoms with Crippen LogP contribution in [0, 0.1) is 5.92 Å². The highest BCUT2D eigenvalue weighted by Gasteiger charge is 2.04. The molecule has 0 spiro atoms. The summed E-state index contributed by atoms with van der Waals surface area (Å²) in [6.07, 6.45) is 5.30. The van der Waals surface area contributed by atoms with Crippen LogP contribution in [0.15, 0.2) is 18.3 Å². The van der Waals surface area contributed by atoms with Gasteiger partial charge in [-0.3, -0.25) is 4.98 Å². The third kappa shape index (κ3) is 6.34. The molecule has 0 radical (unpaired) electrons. The van der Waals surface area contributed by atoms with E-state index in [1.165, 1.54) is 26.4 Å². The van der Waals surface area contributed by atoms with Crippen molar-refractivity contribution in [3.05, 3.63) is 29.6 Å². The van der Waals surface area contributed by atoms with Crippen LogP contribution >= 0.6 is 0 Å². The normalized spacial score (nSPS) is 10.7. The van der Waals surface area contributed by atoms with Gasteiger partial charge in [0.1, 0.15) is 0 Å². The van der Waals surface area contributed by atoms with E-state index in [1.54, 1.807) is 12.3 Å². The zero-order valence-electron chi connectivity index (χ0n) is 12.1. The number of nitrogens with zero attached hydrogens (tertiary/aromatic N) is 1. The first kappa shape index (κ1) is 15.6. The average Bonchev–Trinajstić information content (AvgIpc) is 2.42. The summed E-state index contributed by atoms with van der Waals surface area (Å²) in [4.78, 5) is 15.5. The smallest absolute Gasteiger partial charge is 0.339 e. The fourth-order valence-corrected chi connectivity index (χ4v) is 1.79. The molecule has 0 saturated carbocycles. The highest BCUT2D eigenvalue weighted by molar-refractivity contribution is 5.88. The topological polar surface area (TPSA) is 51.2 Å². The second-order valence-electron chi connectivity index (χ2n) is 5.10. The minimum absolute atomic E-state index is 0.347. The molecule has 4 nitrogen and oxygen atoms in total. The Kier molecular flexibility index (Phi) is 7.11. The Morgan fingerprint density at radius 2 is 2.16 bits per heavy atom. The summed E-state index contributed by atoms with van der Waals surface area (Å²) in [5.41, 5.74) is 1.43. The first-order chi connectivity index (χ1) is 9.13. The van der Waals surface area contributed by atoms with Crippen molar-refractivity contribution in [2.45, 2.75) is 39.7 Å². The molecule has 0 aliphatic rings. The summed E-state index contributed by atoms with van der Waals surface area (Å²) in [5, 5.41) is 3.36. The molecule has 0 atom stereocenters. The van der Waals surface area contributed by atoms with Crippen molar-refractivity contribution >= 4 is 5.97 Å². The SMILES string of the molecule is COC(=O)c1ccc(CNCCCCC(C)C)nc1. The summed E-state index contributed by atoms with van der Waals surface area (Å²) in [6.45, 7) is 6.25. The number of unbranched alkanes of at least 4 members (excludes halogenated alkanes) is 1. The van der Waals surface area contributed by atoms with E-state index in [9.17, 15) is 4.79 Å². The molecule has 0 aliphatic carbocycles. The first-order valence-corrected chi connectivity index (χ1v) is 6.87. The molecule has 1 heterocycles. The van der Waals surface area contributed by atoms with Crippen LogP contribution in [0.2, 0.25) is 0 Å². The molecule has 0 amide bonds. The monoisotopic (exact) mass is 264 g/mol. The molecule has 1 aromatic heterocycles. The molecule has 0 aliphatic heterocycles. The predicted octanol–water partition coefficient (Wildman–Crippen LogP) is 2.78. The van der Waals surface area contributed by atoms with Gasteiger partial charge in [0.15, 0.2) is 0 Å². The third-order valence-corrected chi connectivity index (χ3v) is 2.94. The highest BCUT2D eigenvalue weighted by atomic mass is 16.5. The summed E-state index contributed by atoms with van der Waals surface area (Å²) in [6, 6.07) is 3.60. The third-order valence-electron chi connectivity index (χ3n) is 2.94. The number of aromatic nitrogens is 1. The highest BCUT2D eigenvalue weighted by Crippen LogP contribution is 2.05. The molecule has 106 valence electrons. The maximum Gasteiger partial charge on any atom is 0.339 e. The Bertz CT molecular complexity index is 374. The fraction of sp³-hybridized carbons (Fsp3) is 0.600. The number of hydrogen-bond donors (Lipinski definition) is 1. The van der Waals surface area contributed by atoms with Crippen molar-refractivity contribution in [1.82, 2.24) is 10.3 Å². The Morgan fingerprint density at radius 1 is 1.37 bits per heavy atom. The van der Waals surface area contributed by atoms with Gasteiger partial charge >= 0.3 is 5.97 Å². The van der Waals surface area contributed by atoms with Crippen LogP contribution in [-0.2, 0) is 11.3 Å². The zero-order valence-corrected chi connectivity index (χ0v) is 12.1. The van der Waals surface area contributed by atoms with Crippen LogP contribution in [-0.4, -0.2) is 24.6 Å². The minimum Gasteiger partial charge on any atom is -0.465 e. The molecule has 19 heavy (non-hydrogen) atoms. The zero-order chi connectivity index (χ0) is 14.1. The van der Waals surface area contributed by atoms with E-state index in [0.717, 1.165) is 24.7 Å². The number of ether oxygens (including phenoxy) is 1. The van der Waals surface area contributed by atoms with Crippen LogP contribution in [0.25, 0.3) is 0 Å². The lowest BCUT2D eigenvalue weighted by Crippen LogP contribution is -2.16. The van der Waals surface area contributed by atoms with E-state index in [0.29, 0.717) is 5.56 Å². The van der Waals surface area contributed by atoms with Gasteiger partial charge in [-0.2, -0.15) is 0 Å². The number of pyridine rings is 1. The van der Waals surface area contributed by atoms with Crippen molar-refractivity contribution in [1.29, 1.82) is 0 Å². The Morgan fingerprint density at radius 3 is 2.74 bits per heavy atom. The van der Waals surface area contributed by atoms with Crippen LogP contribution in [0.5, 0.6) is 0 Å². The average molecular weight is 264 g/mol. The standard InChI is InChI=1S/C15H24N2O2/c1-12(2)6-4-5-9-16-11-14-8-7-13(10-17-14)15(18)19-3/h7-8,10,12,16H,4-6,9,11H2,1-3H3. The van der Waals surface area contributed by atoms with E-state index in [1.807, 2.05) is 6.07 Å². The van der Waals surface area contributed by atoms with Crippen molar-refractivity contribution in [2.24, 2.45) is 5.92 Å². The minimum atomic E-state index is -0.347. The van der Waals surface area contributed by atoms with Gasteiger partial charge in [0.05, 0.1) is 18.4 Å². The Labute approximate surface area is 115 Å². The lowest BCUT2D eigenvalue weighted by atomic mass is 10.1. The number of nitrogens with one attached hydrogen (secondary N) is 1. The van der Waals surface area contributed by atoms with Crippen molar-refractivity contribution in [3.8, 4) is 0 Å². The van der Waals surface area contributed by atoms with Gasteiger partial charge in [-0.25, -0.2) is 4.79 Å². The molecule has 0 fully saturated rings. The van der Waals surface area contributed by atoms with Gasteiger partial charge in [-0.1, -0.05) is 26.7 Å². The number of carbonyl (C=O) groups is 1. The molecule has 0 aromatic carbocycles. The molecule has 1 rings (SSSR count). The van der Waals surface area contributed by atoms with Crippen LogP contribution in [0.4, 0.5) is 0 Å². The molecule has 4 heteroatoms. The molecule has 1 aromatic rings. The lowest BCUT2D eigenvalue weighted by molar-refractivity contribution is 0.0600. The maximum absolute atomic E-state index is 11.2. The van der Waals surface area contributed by atoms with Crippen molar-refractivity contribution in [2.75, 3.05) is 13.7 Å². The van der Waals surface area contributed by atoms with Gasteiger partial charge in [0.2, 0.25) is 0 Å². The number of esters is 1. The number of methoxy groups -OCH3 is 1. The summed E-state index contributed by atoms with van der Waals surface area (Å²) in [5.74, 6) is 0.438. The van der Waals surface area contributed by atoms with Crippen LogP contribution in [0.3, 0.4) is 0 Å². The predicted molar refractivity (Wildman–Crippen MR) is 76.0 cm³/mol. The van der Waals surface area contributed by atoms with E-state index in [4.69, 9.17) is 0 Å². The number of hydrogen-bond acceptors (Lipinski definition) is 4. The second kappa shape index (κ2) is 8.64. The summed E-state index contributed by atoms with van der Waals surface area (Å²) in [7, 11) is 1.37. The molecule has 1 N–H and O–H groups in total. The summed E-state index contributed by atoms with van der Waals surface area (Å²) < 4.78 is 4.63. The van der Waals surface area contributed by atoms with Crippen LogP contribution in [0.1, 0.15) is 49.2 Å².